The number of nitrogens with zero attached hydrogens (tertiary/aromatic N) is 5. The van der Waals surface area contributed by atoms with Crippen LogP contribution in [0.2, 0.25) is 0 Å². The SMILES string of the molecule is CNC(=O)Cc1cnc(-n2c([C@@H]3CCCC(=O)N3c3ccc(F)c(F)c3)nc3cc(-c4c(C)noc4C)ccc32)s1. The van der Waals surface area contributed by atoms with Gasteiger partial charge in [0, 0.05) is 41.9 Å². The molecule has 210 valence electrons. The van der Waals surface area contributed by atoms with Crippen molar-refractivity contribution in [3.63, 3.8) is 0 Å². The summed E-state index contributed by atoms with van der Waals surface area (Å²) in [5, 5.41) is 7.27. The number of hydrogen-bond donors (Lipinski definition) is 1. The average molecular weight is 577 g/mol. The number of carbonyl (C=O) groups is 2. The van der Waals surface area contributed by atoms with Crippen LogP contribution in [-0.4, -0.2) is 38.6 Å². The summed E-state index contributed by atoms with van der Waals surface area (Å²) in [7, 11) is 1.58. The third kappa shape index (κ3) is 4.77. The van der Waals surface area contributed by atoms with Crippen molar-refractivity contribution < 1.29 is 22.9 Å². The van der Waals surface area contributed by atoms with Gasteiger partial charge in [0.25, 0.3) is 0 Å². The summed E-state index contributed by atoms with van der Waals surface area (Å²) in [4.78, 5) is 37.2. The van der Waals surface area contributed by atoms with E-state index in [1.54, 1.807) is 13.2 Å². The number of imidazole rings is 1. The lowest BCUT2D eigenvalue weighted by atomic mass is 9.99. The Bertz CT molecular complexity index is 1790. The third-order valence-electron chi connectivity index (χ3n) is 7.28. The standard InChI is InChI=1S/C29H26F2N6O3S/c1-15-27(16(2)40-35-15)17-7-10-23-22(11-17)34-28(37(23)29-33-14-19(41-29)13-25(38)32-3)24-5-4-6-26(39)36(24)18-8-9-20(30)21(31)12-18/h7-12,14,24H,4-6,13H2,1-3H3,(H,32,38)/t24-/m0/s1. The van der Waals surface area contributed by atoms with E-state index >= 15 is 0 Å². The lowest BCUT2D eigenvalue weighted by Gasteiger charge is -2.35. The van der Waals surface area contributed by atoms with E-state index in [-0.39, 0.29) is 30.3 Å². The van der Waals surface area contributed by atoms with Gasteiger partial charge in [-0.15, -0.1) is 11.3 Å². The summed E-state index contributed by atoms with van der Waals surface area (Å²) >= 11 is 1.35. The number of rotatable bonds is 6. The largest absolute Gasteiger partial charge is 0.361 e. The second kappa shape index (κ2) is 10.5. The minimum absolute atomic E-state index is 0.137. The van der Waals surface area contributed by atoms with E-state index in [0.717, 1.165) is 39.3 Å². The Morgan fingerprint density at radius 3 is 2.73 bits per heavy atom. The smallest absolute Gasteiger partial charge is 0.227 e. The number of hydrogen-bond acceptors (Lipinski definition) is 7. The van der Waals surface area contributed by atoms with Crippen LogP contribution in [0.25, 0.3) is 27.3 Å². The summed E-state index contributed by atoms with van der Waals surface area (Å²) < 4.78 is 35.4. The molecular weight excluding hydrogens is 550 g/mol. The molecule has 1 aliphatic rings. The van der Waals surface area contributed by atoms with Crippen LogP contribution in [-0.2, 0) is 16.0 Å². The molecule has 12 heteroatoms. The first-order chi connectivity index (χ1) is 19.7. The van der Waals surface area contributed by atoms with E-state index in [1.165, 1.54) is 22.3 Å². The van der Waals surface area contributed by atoms with Crippen molar-refractivity contribution in [2.24, 2.45) is 0 Å². The van der Waals surface area contributed by atoms with Gasteiger partial charge < -0.3 is 14.7 Å². The maximum Gasteiger partial charge on any atom is 0.227 e. The average Bonchev–Trinajstić information content (AvgIpc) is 3.66. The van der Waals surface area contributed by atoms with Gasteiger partial charge in [-0.2, -0.15) is 0 Å². The quantitative estimate of drug-likeness (QED) is 0.283. The Morgan fingerprint density at radius 1 is 1.17 bits per heavy atom. The highest BCUT2D eigenvalue weighted by Gasteiger charge is 2.35. The van der Waals surface area contributed by atoms with Gasteiger partial charge in [0.2, 0.25) is 11.8 Å². The zero-order chi connectivity index (χ0) is 28.8. The number of aryl methyl sites for hydroxylation is 2. The van der Waals surface area contributed by atoms with Crippen molar-refractivity contribution in [1.82, 2.24) is 25.0 Å². The number of aromatic nitrogens is 4. The van der Waals surface area contributed by atoms with Gasteiger partial charge in [-0.25, -0.2) is 18.7 Å². The van der Waals surface area contributed by atoms with Gasteiger partial charge in [0.05, 0.1) is 29.2 Å². The number of nitrogens with one attached hydrogen (secondary N) is 1. The van der Waals surface area contributed by atoms with Crippen LogP contribution in [0.4, 0.5) is 14.5 Å². The molecule has 41 heavy (non-hydrogen) atoms. The Labute approximate surface area is 237 Å². The molecule has 1 fully saturated rings. The van der Waals surface area contributed by atoms with Gasteiger partial charge in [-0.3, -0.25) is 14.2 Å². The molecule has 1 atom stereocenters. The number of fused-ring (bicyclic) bond motifs is 1. The fourth-order valence-corrected chi connectivity index (χ4v) is 6.31. The Morgan fingerprint density at radius 2 is 2.00 bits per heavy atom. The normalized spacial score (nSPS) is 15.6. The molecule has 5 aromatic rings. The Kier molecular flexibility index (Phi) is 6.86. The van der Waals surface area contributed by atoms with E-state index in [0.29, 0.717) is 35.1 Å². The molecule has 0 bridgehead atoms. The molecule has 1 saturated heterocycles. The molecule has 0 aliphatic carbocycles. The van der Waals surface area contributed by atoms with Crippen LogP contribution in [0, 0.1) is 25.5 Å². The molecule has 0 radical (unpaired) electrons. The first-order valence-electron chi connectivity index (χ1n) is 13.1. The first-order valence-corrected chi connectivity index (χ1v) is 13.9. The molecule has 3 aromatic heterocycles. The highest BCUT2D eigenvalue weighted by molar-refractivity contribution is 7.14. The second-order valence-corrected chi connectivity index (χ2v) is 11.0. The zero-order valence-electron chi connectivity index (χ0n) is 22.6. The van der Waals surface area contributed by atoms with Crippen molar-refractivity contribution in [1.29, 1.82) is 0 Å². The molecule has 4 heterocycles. The molecule has 0 saturated carbocycles. The van der Waals surface area contributed by atoms with E-state index < -0.39 is 17.7 Å². The zero-order valence-corrected chi connectivity index (χ0v) is 23.4. The minimum Gasteiger partial charge on any atom is -0.361 e. The van der Waals surface area contributed by atoms with Crippen molar-refractivity contribution >= 4 is 39.9 Å². The molecule has 1 aliphatic heterocycles. The van der Waals surface area contributed by atoms with Gasteiger partial charge in [-0.05, 0) is 56.5 Å². The van der Waals surface area contributed by atoms with Crippen molar-refractivity contribution in [3.8, 4) is 16.3 Å². The summed E-state index contributed by atoms with van der Waals surface area (Å²) in [5.74, 6) is -1.14. The second-order valence-electron chi connectivity index (χ2n) is 9.94. The number of amides is 2. The van der Waals surface area contributed by atoms with Crippen LogP contribution in [0.15, 0.2) is 47.1 Å². The van der Waals surface area contributed by atoms with Crippen LogP contribution < -0.4 is 10.2 Å². The predicted octanol–water partition coefficient (Wildman–Crippen LogP) is 5.58. The van der Waals surface area contributed by atoms with Crippen LogP contribution in [0.5, 0.6) is 0 Å². The van der Waals surface area contributed by atoms with Crippen molar-refractivity contribution in [3.05, 3.63) is 76.4 Å². The first kappa shape index (κ1) is 26.8. The highest BCUT2D eigenvalue weighted by Crippen LogP contribution is 2.40. The van der Waals surface area contributed by atoms with E-state index in [2.05, 4.69) is 15.5 Å². The maximum absolute atomic E-state index is 14.3. The molecule has 9 nitrogen and oxygen atoms in total. The lowest BCUT2D eigenvalue weighted by molar-refractivity contribution is -0.121. The lowest BCUT2D eigenvalue weighted by Crippen LogP contribution is -2.39. The highest BCUT2D eigenvalue weighted by atomic mass is 32.1. The van der Waals surface area contributed by atoms with Crippen LogP contribution >= 0.6 is 11.3 Å². The van der Waals surface area contributed by atoms with Gasteiger partial charge in [-0.1, -0.05) is 11.2 Å². The molecule has 0 spiro atoms. The summed E-state index contributed by atoms with van der Waals surface area (Å²) in [6, 6.07) is 8.72. The fourth-order valence-electron chi connectivity index (χ4n) is 5.38. The number of piperidine rings is 1. The number of likely N-dealkylation sites (N-methyl/N-ethyl adjacent to an activating group) is 1. The third-order valence-corrected chi connectivity index (χ3v) is 8.26. The minimum atomic E-state index is -1.03. The number of benzene rings is 2. The predicted molar refractivity (Wildman–Crippen MR) is 150 cm³/mol. The Hall–Kier alpha value is -4.45. The number of thiazole rings is 1. The van der Waals surface area contributed by atoms with Gasteiger partial charge >= 0.3 is 0 Å². The Balaban J connectivity index is 1.54. The van der Waals surface area contributed by atoms with E-state index in [4.69, 9.17) is 9.51 Å². The fraction of sp³-hybridized carbons (Fsp3) is 0.276. The molecule has 6 rings (SSSR count). The van der Waals surface area contributed by atoms with Crippen LogP contribution in [0.1, 0.15) is 47.5 Å². The summed E-state index contributed by atoms with van der Waals surface area (Å²) in [6.07, 6.45) is 3.27. The van der Waals surface area contributed by atoms with Crippen molar-refractivity contribution in [2.75, 3.05) is 11.9 Å². The van der Waals surface area contributed by atoms with Crippen molar-refractivity contribution in [2.45, 2.75) is 45.6 Å². The summed E-state index contributed by atoms with van der Waals surface area (Å²) in [5.41, 5.74) is 4.17. The summed E-state index contributed by atoms with van der Waals surface area (Å²) in [6.45, 7) is 3.72. The molecule has 2 amide bonds. The molecular formula is C29H26F2N6O3S. The molecule has 2 aromatic carbocycles. The number of carbonyl (C=O) groups excluding carboxylic acids is 2. The topological polar surface area (TPSA) is 106 Å². The number of halogens is 2. The van der Waals surface area contributed by atoms with Gasteiger partial charge in [0.15, 0.2) is 16.8 Å². The molecule has 1 N–H and O–H groups in total. The molecule has 0 unspecified atom stereocenters. The van der Waals surface area contributed by atoms with E-state index in [1.807, 2.05) is 36.6 Å². The number of anilines is 1. The van der Waals surface area contributed by atoms with Crippen LogP contribution in [0.3, 0.4) is 0 Å². The monoisotopic (exact) mass is 576 g/mol. The van der Waals surface area contributed by atoms with Gasteiger partial charge in [0.1, 0.15) is 11.6 Å². The van der Waals surface area contributed by atoms with E-state index in [9.17, 15) is 18.4 Å². The maximum atomic E-state index is 14.3.